The number of nitrogens with zero attached hydrogens (tertiary/aromatic N) is 4. The third-order valence-corrected chi connectivity index (χ3v) is 8.14. The zero-order valence-corrected chi connectivity index (χ0v) is 19.6. The van der Waals surface area contributed by atoms with Gasteiger partial charge in [0.2, 0.25) is 0 Å². The number of pyridine rings is 1. The third-order valence-electron chi connectivity index (χ3n) is 6.87. The maximum Gasteiger partial charge on any atom is 0.162 e. The quantitative estimate of drug-likeness (QED) is 0.695. The average molecular weight is 456 g/mol. The largest absolute Gasteiger partial charge is 0.384 e. The number of hydrogen-bond donors (Lipinski definition) is 1. The first kappa shape index (κ1) is 21.4. The molecule has 0 saturated carbocycles. The normalized spacial score (nSPS) is 21.9. The molecule has 0 aromatic carbocycles. The summed E-state index contributed by atoms with van der Waals surface area (Å²) in [5.41, 5.74) is 10.8. The molecule has 0 radical (unpaired) electrons. The van der Waals surface area contributed by atoms with E-state index in [4.69, 9.17) is 5.73 Å². The third kappa shape index (κ3) is 3.35. The van der Waals surface area contributed by atoms with Crippen molar-refractivity contribution in [3.05, 3.63) is 68.8 Å². The summed E-state index contributed by atoms with van der Waals surface area (Å²) >= 11 is 1.59. The molecule has 7 heteroatoms. The van der Waals surface area contributed by atoms with Gasteiger partial charge in [0, 0.05) is 35.0 Å². The molecule has 0 saturated heterocycles. The van der Waals surface area contributed by atoms with Crippen LogP contribution in [0.3, 0.4) is 0 Å². The van der Waals surface area contributed by atoms with Crippen LogP contribution in [-0.2, 0) is 17.6 Å². The number of aryl methyl sites for hydroxylation is 1. The Balaban J connectivity index is 1.79. The molecule has 3 aliphatic rings. The lowest BCUT2D eigenvalue weighted by atomic mass is 9.69. The Labute approximate surface area is 197 Å². The van der Waals surface area contributed by atoms with Crippen LogP contribution in [0.5, 0.6) is 0 Å². The van der Waals surface area contributed by atoms with E-state index < -0.39 is 5.92 Å². The minimum absolute atomic E-state index is 0.0279. The molecule has 3 heterocycles. The molecular weight excluding hydrogens is 430 g/mol. The summed E-state index contributed by atoms with van der Waals surface area (Å²) in [6.07, 6.45) is 8.42. The standard InChI is InChI=1S/C26H25N5OS/c1-26(2)10-19-23(20(32)11-26)22(15-6-5-9-30-14-15)18(13-28)24(29)31(19)25-17(12-27)16-7-3-4-8-21(16)33-25/h5-6,9,14,22H,3-4,7-8,10-11,29H2,1-2H3/t22-/m0/s1. The monoisotopic (exact) mass is 455 g/mol. The van der Waals surface area contributed by atoms with Gasteiger partial charge >= 0.3 is 0 Å². The van der Waals surface area contributed by atoms with Crippen LogP contribution in [0, 0.1) is 28.1 Å². The van der Waals surface area contributed by atoms with E-state index in [1.807, 2.05) is 17.0 Å². The predicted molar refractivity (Wildman–Crippen MR) is 127 cm³/mol. The average Bonchev–Trinajstić information content (AvgIpc) is 3.16. The maximum atomic E-state index is 13.6. The van der Waals surface area contributed by atoms with Gasteiger partial charge in [0.25, 0.3) is 0 Å². The van der Waals surface area contributed by atoms with E-state index in [1.165, 1.54) is 4.88 Å². The van der Waals surface area contributed by atoms with E-state index in [0.717, 1.165) is 47.5 Å². The van der Waals surface area contributed by atoms with Crippen molar-refractivity contribution >= 4 is 22.1 Å². The fourth-order valence-electron chi connectivity index (χ4n) is 5.45. The molecule has 0 unspecified atom stereocenters. The Hall–Kier alpha value is -3.42. The molecule has 6 nitrogen and oxygen atoms in total. The van der Waals surface area contributed by atoms with Crippen molar-refractivity contribution < 1.29 is 4.79 Å². The molecule has 33 heavy (non-hydrogen) atoms. The van der Waals surface area contributed by atoms with Crippen molar-refractivity contribution in [1.29, 1.82) is 10.5 Å². The smallest absolute Gasteiger partial charge is 0.162 e. The van der Waals surface area contributed by atoms with Crippen LogP contribution in [0.25, 0.3) is 0 Å². The van der Waals surface area contributed by atoms with Crippen LogP contribution < -0.4 is 10.6 Å². The van der Waals surface area contributed by atoms with Crippen molar-refractivity contribution in [2.24, 2.45) is 11.1 Å². The number of fused-ring (bicyclic) bond motifs is 1. The van der Waals surface area contributed by atoms with Gasteiger partial charge in [0.15, 0.2) is 5.78 Å². The summed E-state index contributed by atoms with van der Waals surface area (Å²) in [7, 11) is 0. The Morgan fingerprint density at radius 1 is 1.21 bits per heavy atom. The highest BCUT2D eigenvalue weighted by molar-refractivity contribution is 7.16. The second-order valence-electron chi connectivity index (χ2n) is 9.77. The van der Waals surface area contributed by atoms with E-state index in [-0.39, 0.29) is 11.2 Å². The van der Waals surface area contributed by atoms with Gasteiger partial charge in [0.1, 0.15) is 16.9 Å². The highest BCUT2D eigenvalue weighted by Gasteiger charge is 2.45. The number of thiophene rings is 1. The highest BCUT2D eigenvalue weighted by Crippen LogP contribution is 2.52. The Bertz CT molecular complexity index is 1300. The second-order valence-corrected chi connectivity index (χ2v) is 10.9. The van der Waals surface area contributed by atoms with Crippen molar-refractivity contribution in [2.45, 2.75) is 58.3 Å². The maximum absolute atomic E-state index is 13.6. The molecular formula is C26H25N5OS. The highest BCUT2D eigenvalue weighted by atomic mass is 32.1. The zero-order valence-electron chi connectivity index (χ0n) is 18.8. The Kier molecular flexibility index (Phi) is 5.11. The molecule has 2 aromatic rings. The van der Waals surface area contributed by atoms with Gasteiger partial charge in [0.05, 0.1) is 23.1 Å². The number of anilines is 1. The molecule has 2 aliphatic carbocycles. The van der Waals surface area contributed by atoms with Crippen LogP contribution >= 0.6 is 11.3 Å². The summed E-state index contributed by atoms with van der Waals surface area (Å²) in [5, 5.41) is 21.0. The summed E-state index contributed by atoms with van der Waals surface area (Å²) in [5.74, 6) is -0.204. The molecule has 166 valence electrons. The van der Waals surface area contributed by atoms with Gasteiger partial charge in [-0.1, -0.05) is 19.9 Å². The fraction of sp³-hybridized carbons (Fsp3) is 0.385. The number of hydrogen-bond acceptors (Lipinski definition) is 7. The van der Waals surface area contributed by atoms with E-state index in [2.05, 4.69) is 31.0 Å². The summed E-state index contributed by atoms with van der Waals surface area (Å²) in [6.45, 7) is 4.16. The van der Waals surface area contributed by atoms with Gasteiger partial charge in [-0.25, -0.2) is 0 Å². The van der Waals surface area contributed by atoms with E-state index in [1.54, 1.807) is 23.7 Å². The number of allylic oxidation sites excluding steroid dienone is 3. The SMILES string of the molecule is CC1(C)CC(=O)C2=C(C1)N(c1sc3c(c1C#N)CCCC3)C(N)=C(C#N)[C@@H]2c1cccnc1. The van der Waals surface area contributed by atoms with Gasteiger partial charge < -0.3 is 5.73 Å². The van der Waals surface area contributed by atoms with Crippen molar-refractivity contribution in [2.75, 3.05) is 4.90 Å². The number of carbonyl (C=O) groups excluding carboxylic acids is 1. The molecule has 2 N–H and O–H groups in total. The number of carbonyl (C=O) groups is 1. The van der Waals surface area contributed by atoms with E-state index >= 15 is 0 Å². The minimum atomic E-state index is -0.543. The molecule has 1 aliphatic heterocycles. The number of nitrogens with two attached hydrogens (primary N) is 1. The van der Waals surface area contributed by atoms with Crippen molar-refractivity contribution in [3.63, 3.8) is 0 Å². The lowest BCUT2D eigenvalue weighted by Gasteiger charge is -2.43. The van der Waals surface area contributed by atoms with Crippen LogP contribution in [-0.4, -0.2) is 10.8 Å². The number of ketones is 1. The predicted octanol–water partition coefficient (Wildman–Crippen LogP) is 4.83. The number of aromatic nitrogens is 1. The van der Waals surface area contributed by atoms with E-state index in [9.17, 15) is 15.3 Å². The first-order valence-corrected chi connectivity index (χ1v) is 12.1. The summed E-state index contributed by atoms with van der Waals surface area (Å²) < 4.78 is 0. The Morgan fingerprint density at radius 3 is 2.70 bits per heavy atom. The molecule has 1 atom stereocenters. The van der Waals surface area contributed by atoms with Gasteiger partial charge in [-0.15, -0.1) is 11.3 Å². The Morgan fingerprint density at radius 2 is 2.00 bits per heavy atom. The lowest BCUT2D eigenvalue weighted by molar-refractivity contribution is -0.118. The molecule has 0 amide bonds. The molecule has 0 spiro atoms. The van der Waals surface area contributed by atoms with Gasteiger partial charge in [-0.3, -0.25) is 14.7 Å². The summed E-state index contributed by atoms with van der Waals surface area (Å²) in [6, 6.07) is 8.41. The first-order chi connectivity index (χ1) is 15.9. The molecule has 0 bridgehead atoms. The molecule has 0 fully saturated rings. The van der Waals surface area contributed by atoms with Crippen LogP contribution in [0.15, 0.2) is 47.2 Å². The van der Waals surface area contributed by atoms with Crippen molar-refractivity contribution in [1.82, 2.24) is 4.98 Å². The molecule has 2 aromatic heterocycles. The van der Waals surface area contributed by atoms with Crippen LogP contribution in [0.4, 0.5) is 5.00 Å². The number of nitriles is 2. The van der Waals surface area contributed by atoms with Crippen molar-refractivity contribution in [3.8, 4) is 12.1 Å². The van der Waals surface area contributed by atoms with Gasteiger partial charge in [-0.2, -0.15) is 10.5 Å². The van der Waals surface area contributed by atoms with Crippen LogP contribution in [0.1, 0.15) is 67.0 Å². The first-order valence-electron chi connectivity index (χ1n) is 11.3. The van der Waals surface area contributed by atoms with E-state index in [0.29, 0.717) is 35.4 Å². The fourth-order valence-corrected chi connectivity index (χ4v) is 6.82. The zero-order chi connectivity index (χ0) is 23.3. The number of Topliss-reactive ketones (excluding diaryl/α,β-unsaturated/α-hetero) is 1. The number of rotatable bonds is 2. The second kappa shape index (κ2) is 7.86. The summed E-state index contributed by atoms with van der Waals surface area (Å²) in [4.78, 5) is 20.9. The van der Waals surface area contributed by atoms with Crippen LogP contribution in [0.2, 0.25) is 0 Å². The van der Waals surface area contributed by atoms with Gasteiger partial charge in [-0.05, 0) is 54.7 Å². The topological polar surface area (TPSA) is 107 Å². The molecule has 5 rings (SSSR count). The minimum Gasteiger partial charge on any atom is -0.384 e. The lowest BCUT2D eigenvalue weighted by Crippen LogP contribution is -2.42.